The van der Waals surface area contributed by atoms with Crippen LogP contribution in [0.4, 0.5) is 0 Å². The highest BCUT2D eigenvalue weighted by atomic mass is 32.2. The van der Waals surface area contributed by atoms with Crippen molar-refractivity contribution in [1.29, 1.82) is 0 Å². The third-order valence-electron chi connectivity index (χ3n) is 4.16. The third kappa shape index (κ3) is 5.25. The van der Waals surface area contributed by atoms with Gasteiger partial charge in [0.05, 0.1) is 38.2 Å². The van der Waals surface area contributed by atoms with Crippen molar-refractivity contribution >= 4 is 21.9 Å². The van der Waals surface area contributed by atoms with E-state index in [0.29, 0.717) is 26.2 Å². The van der Waals surface area contributed by atoms with Crippen LogP contribution in [0, 0.1) is 6.92 Å². The predicted molar refractivity (Wildman–Crippen MR) is 90.5 cm³/mol. The highest BCUT2D eigenvalue weighted by Crippen LogP contribution is 2.16. The van der Waals surface area contributed by atoms with E-state index < -0.39 is 16.0 Å². The average molecular weight is 370 g/mol. The number of nitrogens with one attached hydrogen (secondary N) is 2. The molecule has 1 aliphatic heterocycles. The van der Waals surface area contributed by atoms with Crippen molar-refractivity contribution < 1.29 is 27.6 Å². The van der Waals surface area contributed by atoms with Crippen molar-refractivity contribution in [1.82, 2.24) is 9.62 Å². The maximum Gasteiger partial charge on any atom is 0.325 e. The van der Waals surface area contributed by atoms with Crippen LogP contribution in [-0.2, 0) is 24.3 Å². The van der Waals surface area contributed by atoms with Crippen molar-refractivity contribution in [3.8, 4) is 0 Å². The van der Waals surface area contributed by atoms with Gasteiger partial charge >= 0.3 is 5.97 Å². The number of carbonyl (C=O) groups is 2. The SMILES string of the molecule is COC(=O)CNC(=O)C[NH+]1CCN(S(=O)(=O)c2ccc(C)cc2)CC1. The summed E-state index contributed by atoms with van der Waals surface area (Å²) in [6.07, 6.45) is 0. The Balaban J connectivity index is 1.85. The van der Waals surface area contributed by atoms with Crippen molar-refractivity contribution in [2.75, 3.05) is 46.4 Å². The molecule has 8 nitrogen and oxygen atoms in total. The Morgan fingerprint density at radius 1 is 1.20 bits per heavy atom. The first kappa shape index (κ1) is 19.4. The predicted octanol–water partition coefficient (Wildman–Crippen LogP) is -1.83. The molecule has 0 aliphatic carbocycles. The van der Waals surface area contributed by atoms with Crippen LogP contribution < -0.4 is 10.2 Å². The van der Waals surface area contributed by atoms with E-state index in [2.05, 4.69) is 10.1 Å². The Hall–Kier alpha value is -1.97. The molecule has 0 unspecified atom stereocenters. The van der Waals surface area contributed by atoms with Gasteiger partial charge in [0.25, 0.3) is 5.91 Å². The maximum absolute atomic E-state index is 12.6. The van der Waals surface area contributed by atoms with Gasteiger partial charge in [0.2, 0.25) is 10.0 Å². The number of amides is 1. The molecule has 1 aliphatic rings. The highest BCUT2D eigenvalue weighted by molar-refractivity contribution is 7.89. The lowest BCUT2D eigenvalue weighted by Crippen LogP contribution is -3.15. The van der Waals surface area contributed by atoms with Gasteiger partial charge in [0.1, 0.15) is 6.54 Å². The number of hydrogen-bond acceptors (Lipinski definition) is 5. The Morgan fingerprint density at radius 2 is 1.80 bits per heavy atom. The van der Waals surface area contributed by atoms with Gasteiger partial charge in [-0.25, -0.2) is 8.42 Å². The van der Waals surface area contributed by atoms with Crippen LogP contribution in [0.5, 0.6) is 0 Å². The smallest absolute Gasteiger partial charge is 0.325 e. The number of carbonyl (C=O) groups excluding carboxylic acids is 2. The van der Waals surface area contributed by atoms with Crippen LogP contribution in [0.2, 0.25) is 0 Å². The zero-order valence-corrected chi connectivity index (χ0v) is 15.3. The van der Waals surface area contributed by atoms with Crippen molar-refractivity contribution in [3.05, 3.63) is 29.8 Å². The van der Waals surface area contributed by atoms with E-state index in [9.17, 15) is 18.0 Å². The lowest BCUT2D eigenvalue weighted by atomic mass is 10.2. The van der Waals surface area contributed by atoms with Crippen LogP contribution in [0.15, 0.2) is 29.2 Å². The van der Waals surface area contributed by atoms with Gasteiger partial charge in [-0.3, -0.25) is 9.59 Å². The van der Waals surface area contributed by atoms with Crippen LogP contribution in [0.25, 0.3) is 0 Å². The quantitative estimate of drug-likeness (QED) is 0.575. The molecule has 1 fully saturated rings. The minimum Gasteiger partial charge on any atom is -0.468 e. The number of hydrogen-bond donors (Lipinski definition) is 2. The Kier molecular flexibility index (Phi) is 6.51. The summed E-state index contributed by atoms with van der Waals surface area (Å²) in [5.41, 5.74) is 1.01. The van der Waals surface area contributed by atoms with Gasteiger partial charge in [0, 0.05) is 0 Å². The van der Waals surface area contributed by atoms with E-state index in [1.54, 1.807) is 24.3 Å². The number of piperazine rings is 1. The molecular weight excluding hydrogens is 346 g/mol. The topological polar surface area (TPSA) is 97.2 Å². The van der Waals surface area contributed by atoms with Crippen molar-refractivity contribution in [2.45, 2.75) is 11.8 Å². The van der Waals surface area contributed by atoms with Gasteiger partial charge in [-0.2, -0.15) is 4.31 Å². The summed E-state index contributed by atoms with van der Waals surface area (Å²) in [5, 5.41) is 2.49. The van der Waals surface area contributed by atoms with Crippen LogP contribution >= 0.6 is 0 Å². The first-order chi connectivity index (χ1) is 11.8. The van der Waals surface area contributed by atoms with E-state index >= 15 is 0 Å². The molecule has 1 amide bonds. The second kappa shape index (κ2) is 8.41. The van der Waals surface area contributed by atoms with Gasteiger partial charge in [-0.15, -0.1) is 0 Å². The molecule has 1 saturated heterocycles. The summed E-state index contributed by atoms with van der Waals surface area (Å²) < 4.78 is 31.2. The highest BCUT2D eigenvalue weighted by Gasteiger charge is 2.31. The Bertz CT molecular complexity index is 710. The average Bonchev–Trinajstić information content (AvgIpc) is 2.60. The summed E-state index contributed by atoms with van der Waals surface area (Å²) in [6, 6.07) is 6.79. The van der Waals surface area contributed by atoms with Gasteiger partial charge in [0.15, 0.2) is 6.54 Å². The van der Waals surface area contributed by atoms with Crippen molar-refractivity contribution in [2.24, 2.45) is 0 Å². The lowest BCUT2D eigenvalue weighted by Gasteiger charge is -2.31. The standard InChI is InChI=1S/C16H23N3O5S/c1-13-3-5-14(6-4-13)25(22,23)19-9-7-18(8-10-19)12-15(20)17-11-16(21)24-2/h3-6H,7-12H2,1-2H3,(H,17,20)/p+1. The number of sulfonamides is 1. The van der Waals surface area contributed by atoms with Gasteiger partial charge in [-0.05, 0) is 19.1 Å². The fourth-order valence-electron chi connectivity index (χ4n) is 2.61. The number of ether oxygens (including phenoxy) is 1. The summed E-state index contributed by atoms with van der Waals surface area (Å²) in [6.45, 7) is 3.74. The van der Waals surface area contributed by atoms with Gasteiger partial charge in [-0.1, -0.05) is 17.7 Å². The number of esters is 1. The number of methoxy groups -OCH3 is 1. The van der Waals surface area contributed by atoms with Crippen molar-refractivity contribution in [3.63, 3.8) is 0 Å². The minimum absolute atomic E-state index is 0.156. The molecule has 2 N–H and O–H groups in total. The summed E-state index contributed by atoms with van der Waals surface area (Å²) in [4.78, 5) is 24.1. The molecule has 0 aromatic heterocycles. The number of nitrogens with zero attached hydrogens (tertiary/aromatic N) is 1. The summed E-state index contributed by atoms with van der Waals surface area (Å²) >= 11 is 0. The number of quaternary nitrogens is 1. The van der Waals surface area contributed by atoms with E-state index in [1.807, 2.05) is 6.92 Å². The van der Waals surface area contributed by atoms with E-state index in [1.165, 1.54) is 11.4 Å². The largest absolute Gasteiger partial charge is 0.468 e. The minimum atomic E-state index is -3.50. The summed E-state index contributed by atoms with van der Waals surface area (Å²) in [5.74, 6) is -0.757. The Labute approximate surface area is 147 Å². The molecule has 0 radical (unpaired) electrons. The molecule has 0 spiro atoms. The number of aryl methyl sites for hydroxylation is 1. The van der Waals surface area contributed by atoms with Crippen LogP contribution in [0.1, 0.15) is 5.56 Å². The molecule has 138 valence electrons. The molecule has 25 heavy (non-hydrogen) atoms. The van der Waals surface area contributed by atoms with E-state index in [0.717, 1.165) is 10.5 Å². The van der Waals surface area contributed by atoms with Crippen LogP contribution in [-0.4, -0.2) is 71.0 Å². The van der Waals surface area contributed by atoms with Gasteiger partial charge < -0.3 is 15.0 Å². The molecule has 0 atom stereocenters. The third-order valence-corrected chi connectivity index (χ3v) is 6.07. The molecule has 2 rings (SSSR count). The lowest BCUT2D eigenvalue weighted by molar-refractivity contribution is -0.895. The fraction of sp³-hybridized carbons (Fsp3) is 0.500. The molecule has 1 aromatic carbocycles. The molecule has 1 aromatic rings. The zero-order chi connectivity index (χ0) is 18.4. The number of benzene rings is 1. The Morgan fingerprint density at radius 3 is 2.36 bits per heavy atom. The monoisotopic (exact) mass is 370 g/mol. The number of rotatable bonds is 6. The molecule has 0 saturated carbocycles. The van der Waals surface area contributed by atoms with Crippen LogP contribution in [0.3, 0.4) is 0 Å². The first-order valence-corrected chi connectivity index (χ1v) is 9.51. The fourth-order valence-corrected chi connectivity index (χ4v) is 4.05. The second-order valence-electron chi connectivity index (χ2n) is 6.00. The normalized spacial score (nSPS) is 16.4. The molecule has 1 heterocycles. The molecular formula is C16H24N3O5S+. The van der Waals surface area contributed by atoms with E-state index in [-0.39, 0.29) is 23.9 Å². The molecule has 0 bridgehead atoms. The first-order valence-electron chi connectivity index (χ1n) is 8.07. The van der Waals surface area contributed by atoms with E-state index in [4.69, 9.17) is 0 Å². The zero-order valence-electron chi connectivity index (χ0n) is 14.4. The summed E-state index contributed by atoms with van der Waals surface area (Å²) in [7, 11) is -2.24. The second-order valence-corrected chi connectivity index (χ2v) is 7.93. The molecule has 9 heteroatoms. The maximum atomic E-state index is 12.6.